The highest BCUT2D eigenvalue weighted by atomic mass is 32.1. The van der Waals surface area contributed by atoms with Crippen LogP contribution in [0.2, 0.25) is 0 Å². The molecule has 0 saturated carbocycles. The number of hydrogen-bond donors (Lipinski definition) is 0. The molecule has 0 bridgehead atoms. The molecule has 1 nitrogen and oxygen atoms in total. The lowest BCUT2D eigenvalue weighted by Gasteiger charge is -2.40. The largest absolute Gasteiger partial charge is 0.295 e. The Morgan fingerprint density at radius 1 is 0.857 bits per heavy atom. The van der Waals surface area contributed by atoms with Crippen molar-refractivity contribution < 1.29 is 0 Å². The van der Waals surface area contributed by atoms with Crippen LogP contribution in [-0.4, -0.2) is 17.5 Å². The van der Waals surface area contributed by atoms with Gasteiger partial charge in [0.05, 0.1) is 0 Å². The van der Waals surface area contributed by atoms with Crippen molar-refractivity contribution in [2.45, 2.75) is 31.8 Å². The summed E-state index contributed by atoms with van der Waals surface area (Å²) in [4.78, 5) is 4.25. The molecule has 0 amide bonds. The fourth-order valence-corrected chi connectivity index (χ4v) is 6.04. The molecule has 0 spiro atoms. The summed E-state index contributed by atoms with van der Waals surface area (Å²) in [5, 5.41) is 1.44. The minimum absolute atomic E-state index is 0.443. The first-order valence-corrected chi connectivity index (χ1v) is 11.0. The zero-order chi connectivity index (χ0) is 18.9. The molecule has 2 atom stereocenters. The molecular weight excluding hydrogens is 358 g/mol. The second kappa shape index (κ2) is 7.54. The van der Waals surface area contributed by atoms with Gasteiger partial charge in [0.2, 0.25) is 0 Å². The first kappa shape index (κ1) is 17.7. The van der Waals surface area contributed by atoms with E-state index in [1.165, 1.54) is 21.2 Å². The fourth-order valence-electron chi connectivity index (χ4n) is 4.60. The van der Waals surface area contributed by atoms with Gasteiger partial charge in [-0.1, -0.05) is 78.9 Å². The number of fused-ring (bicyclic) bond motifs is 3. The van der Waals surface area contributed by atoms with Crippen molar-refractivity contribution in [1.82, 2.24) is 4.90 Å². The Morgan fingerprint density at radius 2 is 1.54 bits per heavy atom. The summed E-state index contributed by atoms with van der Waals surface area (Å²) in [7, 11) is 0. The van der Waals surface area contributed by atoms with E-state index in [2.05, 4.69) is 96.8 Å². The van der Waals surface area contributed by atoms with Gasteiger partial charge in [0.25, 0.3) is 0 Å². The van der Waals surface area contributed by atoms with Crippen LogP contribution < -0.4 is 0 Å². The van der Waals surface area contributed by atoms with E-state index in [4.69, 9.17) is 0 Å². The highest BCUT2D eigenvalue weighted by molar-refractivity contribution is 7.19. The fraction of sp³-hybridized carbons (Fsp3) is 0.231. The number of nitrogens with zero attached hydrogens (tertiary/aromatic N) is 1. The van der Waals surface area contributed by atoms with Crippen LogP contribution in [0.5, 0.6) is 0 Å². The lowest BCUT2D eigenvalue weighted by molar-refractivity contribution is 0.174. The average molecular weight is 384 g/mol. The maximum Gasteiger partial charge on any atom is 0.0349 e. The van der Waals surface area contributed by atoms with Crippen LogP contribution in [0.3, 0.4) is 0 Å². The normalized spacial score (nSPS) is 19.6. The molecule has 1 aromatic heterocycles. The lowest BCUT2D eigenvalue weighted by Crippen LogP contribution is -2.42. The summed E-state index contributed by atoms with van der Waals surface area (Å²) in [6, 6.07) is 31.4. The van der Waals surface area contributed by atoms with Gasteiger partial charge in [-0.15, -0.1) is 11.3 Å². The third-order valence-electron chi connectivity index (χ3n) is 6.12. The molecule has 0 fully saturated rings. The van der Waals surface area contributed by atoms with E-state index in [9.17, 15) is 0 Å². The molecule has 28 heavy (non-hydrogen) atoms. The molecule has 0 saturated heterocycles. The van der Waals surface area contributed by atoms with Crippen molar-refractivity contribution in [3.05, 3.63) is 106 Å². The summed E-state index contributed by atoms with van der Waals surface area (Å²) in [6.07, 6.45) is 1.10. The summed E-state index contributed by atoms with van der Waals surface area (Å²) in [5.74, 6) is 0.443. The number of benzene rings is 3. The Kier molecular flexibility index (Phi) is 4.76. The standard InChI is InChI=1S/C26H25NS/c1-19-25(21-12-6-3-7-13-21)26-23(22-14-8-9-15-24(22)28-26)18-27(19)17-16-20-10-4-2-5-11-20/h2-15,19,25H,16-18H2,1H3. The molecule has 1 aliphatic rings. The van der Waals surface area contributed by atoms with E-state index >= 15 is 0 Å². The van der Waals surface area contributed by atoms with Gasteiger partial charge in [-0.05, 0) is 41.5 Å². The summed E-state index contributed by atoms with van der Waals surface area (Å²) < 4.78 is 1.42. The van der Waals surface area contributed by atoms with Crippen LogP contribution in [0, 0.1) is 0 Å². The van der Waals surface area contributed by atoms with E-state index in [0.717, 1.165) is 19.5 Å². The molecular formula is C26H25NS. The molecule has 2 heterocycles. The van der Waals surface area contributed by atoms with Gasteiger partial charge >= 0.3 is 0 Å². The summed E-state index contributed by atoms with van der Waals surface area (Å²) >= 11 is 2.00. The Labute approximate surface area is 171 Å². The van der Waals surface area contributed by atoms with Gasteiger partial charge in [0.15, 0.2) is 0 Å². The van der Waals surface area contributed by atoms with Gasteiger partial charge in [-0.25, -0.2) is 0 Å². The smallest absolute Gasteiger partial charge is 0.0349 e. The third kappa shape index (κ3) is 3.17. The van der Waals surface area contributed by atoms with Crippen LogP contribution in [0.1, 0.15) is 34.4 Å². The van der Waals surface area contributed by atoms with Gasteiger partial charge < -0.3 is 0 Å². The highest BCUT2D eigenvalue weighted by Crippen LogP contribution is 2.45. The molecule has 2 heteroatoms. The quantitative estimate of drug-likeness (QED) is 0.390. The molecule has 140 valence electrons. The van der Waals surface area contributed by atoms with Crippen LogP contribution in [0.15, 0.2) is 84.9 Å². The van der Waals surface area contributed by atoms with E-state index < -0.39 is 0 Å². The molecule has 5 rings (SSSR count). The van der Waals surface area contributed by atoms with Crippen LogP contribution in [-0.2, 0) is 13.0 Å². The van der Waals surface area contributed by atoms with Crippen molar-refractivity contribution in [2.24, 2.45) is 0 Å². The predicted octanol–water partition coefficient (Wildman–Crippen LogP) is 6.48. The lowest BCUT2D eigenvalue weighted by atomic mass is 9.84. The second-order valence-corrected chi connectivity index (χ2v) is 8.86. The molecule has 0 N–H and O–H groups in total. The predicted molar refractivity (Wildman–Crippen MR) is 120 cm³/mol. The minimum atomic E-state index is 0.443. The monoisotopic (exact) mass is 383 g/mol. The molecule has 4 aromatic rings. The SMILES string of the molecule is CC1C(c2ccccc2)c2sc3ccccc3c2CN1CCc1ccccc1. The molecule has 2 unspecified atom stereocenters. The van der Waals surface area contributed by atoms with E-state index in [-0.39, 0.29) is 0 Å². The van der Waals surface area contributed by atoms with Gasteiger partial charge in [-0.3, -0.25) is 4.90 Å². The highest BCUT2D eigenvalue weighted by Gasteiger charge is 2.35. The molecule has 0 aliphatic carbocycles. The third-order valence-corrected chi connectivity index (χ3v) is 7.42. The zero-order valence-electron chi connectivity index (χ0n) is 16.2. The topological polar surface area (TPSA) is 3.24 Å². The number of thiophene rings is 1. The maximum absolute atomic E-state index is 2.69. The van der Waals surface area contributed by atoms with Crippen molar-refractivity contribution in [1.29, 1.82) is 0 Å². The van der Waals surface area contributed by atoms with Crippen molar-refractivity contribution in [2.75, 3.05) is 6.54 Å². The Bertz CT molecular complexity index is 1070. The van der Waals surface area contributed by atoms with Crippen molar-refractivity contribution >= 4 is 21.4 Å². The van der Waals surface area contributed by atoms with E-state index in [1.807, 2.05) is 11.3 Å². The summed E-state index contributed by atoms with van der Waals surface area (Å²) in [6.45, 7) is 4.56. The Balaban J connectivity index is 1.54. The van der Waals surface area contributed by atoms with Crippen molar-refractivity contribution in [3.63, 3.8) is 0 Å². The number of hydrogen-bond acceptors (Lipinski definition) is 2. The first-order valence-electron chi connectivity index (χ1n) is 10.1. The minimum Gasteiger partial charge on any atom is -0.295 e. The van der Waals surface area contributed by atoms with Crippen LogP contribution in [0.4, 0.5) is 0 Å². The average Bonchev–Trinajstić information content (AvgIpc) is 3.11. The molecule has 3 aromatic carbocycles. The Hall–Kier alpha value is -2.42. The van der Waals surface area contributed by atoms with Crippen LogP contribution >= 0.6 is 11.3 Å². The zero-order valence-corrected chi connectivity index (χ0v) is 17.0. The first-order chi connectivity index (χ1) is 13.8. The van der Waals surface area contributed by atoms with Crippen LogP contribution in [0.25, 0.3) is 10.1 Å². The van der Waals surface area contributed by atoms with Gasteiger partial charge in [-0.2, -0.15) is 0 Å². The van der Waals surface area contributed by atoms with Gasteiger partial charge in [0.1, 0.15) is 0 Å². The Morgan fingerprint density at radius 3 is 2.32 bits per heavy atom. The second-order valence-electron chi connectivity index (χ2n) is 7.78. The molecule has 1 aliphatic heterocycles. The summed E-state index contributed by atoms with van der Waals surface area (Å²) in [5.41, 5.74) is 4.40. The number of rotatable bonds is 4. The van der Waals surface area contributed by atoms with Gasteiger partial charge in [0, 0.05) is 34.6 Å². The van der Waals surface area contributed by atoms with Crippen molar-refractivity contribution in [3.8, 4) is 0 Å². The van der Waals surface area contributed by atoms with E-state index in [0.29, 0.717) is 12.0 Å². The maximum atomic E-state index is 2.69. The molecule has 0 radical (unpaired) electrons. The van der Waals surface area contributed by atoms with E-state index in [1.54, 1.807) is 10.4 Å².